The maximum Gasteiger partial charge on any atom is 0.271 e. The van der Waals surface area contributed by atoms with Crippen LogP contribution in [0.25, 0.3) is 0 Å². The van der Waals surface area contributed by atoms with E-state index in [0.717, 1.165) is 11.3 Å². The predicted octanol–water partition coefficient (Wildman–Crippen LogP) is 3.54. The Morgan fingerprint density at radius 2 is 2.05 bits per heavy atom. The summed E-state index contributed by atoms with van der Waals surface area (Å²) in [5.41, 5.74) is 1.51. The second-order valence-corrected chi connectivity index (χ2v) is 4.93. The molecule has 0 spiro atoms. The lowest BCUT2D eigenvalue weighted by Crippen LogP contribution is -2.03. The van der Waals surface area contributed by atoms with Crippen LogP contribution in [0, 0.1) is 10.1 Å². The number of nitrogens with zero attached hydrogens (tertiary/aromatic N) is 1. The Hall–Kier alpha value is -2.60. The van der Waals surface area contributed by atoms with Crippen LogP contribution in [0.15, 0.2) is 36.4 Å². The fourth-order valence-corrected chi connectivity index (χ4v) is 2.30. The molecule has 0 aromatic heterocycles. The molecule has 3 rings (SSSR count). The summed E-state index contributed by atoms with van der Waals surface area (Å²) in [6.45, 7) is 0. The van der Waals surface area contributed by atoms with E-state index in [4.69, 9.17) is 16.3 Å². The van der Waals surface area contributed by atoms with Crippen LogP contribution in [0.1, 0.15) is 5.56 Å². The number of ether oxygens (including phenoxy) is 1. The molecule has 0 fully saturated rings. The van der Waals surface area contributed by atoms with E-state index in [2.05, 4.69) is 5.32 Å². The molecule has 21 heavy (non-hydrogen) atoms. The molecule has 6 nitrogen and oxygen atoms in total. The second kappa shape index (κ2) is 5.06. The summed E-state index contributed by atoms with van der Waals surface area (Å²) >= 11 is 5.97. The quantitative estimate of drug-likeness (QED) is 0.694. The number of halogens is 1. The van der Waals surface area contributed by atoms with Gasteiger partial charge in [-0.2, -0.15) is 0 Å². The first-order valence-electron chi connectivity index (χ1n) is 6.07. The summed E-state index contributed by atoms with van der Waals surface area (Å²) in [5, 5.41) is 13.5. The highest BCUT2D eigenvalue weighted by atomic mass is 35.5. The number of fused-ring (bicyclic) bond motifs is 1. The highest BCUT2D eigenvalue weighted by Gasteiger charge is 2.18. The second-order valence-electron chi connectivity index (χ2n) is 4.52. The fraction of sp³-hybridized carbons (Fsp3) is 0.0714. The highest BCUT2D eigenvalue weighted by Crippen LogP contribution is 2.34. The molecular weight excluding hydrogens is 296 g/mol. The summed E-state index contributed by atoms with van der Waals surface area (Å²) in [6, 6.07) is 9.17. The Morgan fingerprint density at radius 3 is 2.76 bits per heavy atom. The number of carbonyl (C=O) groups excluding carboxylic acids is 1. The normalized spacial score (nSPS) is 12.7. The van der Waals surface area contributed by atoms with Gasteiger partial charge >= 0.3 is 0 Å². The van der Waals surface area contributed by atoms with Crippen LogP contribution in [-0.4, -0.2) is 10.8 Å². The van der Waals surface area contributed by atoms with E-state index in [9.17, 15) is 14.9 Å². The topological polar surface area (TPSA) is 81.5 Å². The van der Waals surface area contributed by atoms with E-state index in [1.807, 2.05) is 0 Å². The smallest absolute Gasteiger partial charge is 0.271 e. The zero-order valence-corrected chi connectivity index (χ0v) is 11.4. The number of rotatable bonds is 3. The molecule has 1 aliphatic heterocycles. The van der Waals surface area contributed by atoms with E-state index in [1.54, 1.807) is 18.2 Å². The molecule has 1 aliphatic rings. The number of nitro groups is 1. The number of hydrogen-bond donors (Lipinski definition) is 1. The van der Waals surface area contributed by atoms with Gasteiger partial charge in [0.2, 0.25) is 5.91 Å². The Balaban J connectivity index is 1.86. The van der Waals surface area contributed by atoms with E-state index < -0.39 is 4.92 Å². The number of hydrogen-bond acceptors (Lipinski definition) is 4. The number of carbonyl (C=O) groups is 1. The summed E-state index contributed by atoms with van der Waals surface area (Å²) in [7, 11) is 0. The summed E-state index contributed by atoms with van der Waals surface area (Å²) in [6.07, 6.45) is 0.306. The zero-order valence-electron chi connectivity index (χ0n) is 10.6. The molecule has 2 aromatic carbocycles. The molecule has 0 radical (unpaired) electrons. The van der Waals surface area contributed by atoms with Gasteiger partial charge in [0.25, 0.3) is 5.69 Å². The molecule has 7 heteroatoms. The average molecular weight is 305 g/mol. The van der Waals surface area contributed by atoms with Gasteiger partial charge in [0.1, 0.15) is 11.5 Å². The Bertz CT molecular complexity index is 761. The van der Waals surface area contributed by atoms with Crippen molar-refractivity contribution >= 4 is 28.9 Å². The molecule has 0 aliphatic carbocycles. The summed E-state index contributed by atoms with van der Waals surface area (Å²) < 4.78 is 5.61. The van der Waals surface area contributed by atoms with Crippen molar-refractivity contribution in [1.29, 1.82) is 0 Å². The van der Waals surface area contributed by atoms with Crippen molar-refractivity contribution in [2.45, 2.75) is 6.42 Å². The van der Waals surface area contributed by atoms with E-state index in [0.29, 0.717) is 17.9 Å². The largest absolute Gasteiger partial charge is 0.456 e. The molecule has 0 bridgehead atoms. The number of nitro benzene ring substituents is 1. The molecule has 1 heterocycles. The number of non-ortho nitro benzene ring substituents is 1. The van der Waals surface area contributed by atoms with Crippen molar-refractivity contribution in [3.63, 3.8) is 0 Å². The van der Waals surface area contributed by atoms with Crippen molar-refractivity contribution in [3.05, 3.63) is 57.1 Å². The van der Waals surface area contributed by atoms with Gasteiger partial charge in [-0.3, -0.25) is 14.9 Å². The molecular formula is C14H9ClN2O4. The van der Waals surface area contributed by atoms with Gasteiger partial charge < -0.3 is 10.1 Å². The predicted molar refractivity (Wildman–Crippen MR) is 77.0 cm³/mol. The molecule has 0 unspecified atom stereocenters. The fourth-order valence-electron chi connectivity index (χ4n) is 2.08. The molecule has 0 saturated heterocycles. The van der Waals surface area contributed by atoms with Crippen molar-refractivity contribution < 1.29 is 14.5 Å². The van der Waals surface area contributed by atoms with Crippen molar-refractivity contribution in [1.82, 2.24) is 0 Å². The number of nitrogens with one attached hydrogen (secondary N) is 1. The van der Waals surface area contributed by atoms with Gasteiger partial charge in [0.15, 0.2) is 0 Å². The minimum atomic E-state index is -0.525. The highest BCUT2D eigenvalue weighted by molar-refractivity contribution is 6.32. The van der Waals surface area contributed by atoms with Gasteiger partial charge in [-0.05, 0) is 29.8 Å². The third kappa shape index (κ3) is 2.66. The Labute approximate surface area is 124 Å². The SMILES string of the molecule is O=C1Cc2cc(Oc3ccc([N+](=O)[O-])cc3Cl)ccc2N1. The van der Waals surface area contributed by atoms with Crippen LogP contribution in [0.5, 0.6) is 11.5 Å². The molecule has 0 saturated carbocycles. The monoisotopic (exact) mass is 304 g/mol. The minimum Gasteiger partial charge on any atom is -0.456 e. The average Bonchev–Trinajstić information content (AvgIpc) is 2.80. The van der Waals surface area contributed by atoms with Crippen LogP contribution in [0.2, 0.25) is 5.02 Å². The van der Waals surface area contributed by atoms with Crippen molar-refractivity contribution in [3.8, 4) is 11.5 Å². The number of amides is 1. The first-order valence-corrected chi connectivity index (χ1v) is 6.45. The number of benzene rings is 2. The van der Waals surface area contributed by atoms with Crippen molar-refractivity contribution in [2.24, 2.45) is 0 Å². The summed E-state index contributed by atoms with van der Waals surface area (Å²) in [5.74, 6) is 0.774. The molecule has 0 atom stereocenters. The lowest BCUT2D eigenvalue weighted by atomic mass is 10.1. The van der Waals surface area contributed by atoms with E-state index in [1.165, 1.54) is 18.2 Å². The van der Waals surface area contributed by atoms with Crippen LogP contribution in [0.4, 0.5) is 11.4 Å². The zero-order chi connectivity index (χ0) is 15.0. The van der Waals surface area contributed by atoms with Gasteiger partial charge in [-0.1, -0.05) is 11.6 Å². The summed E-state index contributed by atoms with van der Waals surface area (Å²) in [4.78, 5) is 21.4. The van der Waals surface area contributed by atoms with Crippen molar-refractivity contribution in [2.75, 3.05) is 5.32 Å². The third-order valence-corrected chi connectivity index (χ3v) is 3.35. The van der Waals surface area contributed by atoms with Gasteiger partial charge in [-0.15, -0.1) is 0 Å². The standard InChI is InChI=1S/C14H9ClN2O4/c15-11-7-9(17(19)20)1-4-13(11)21-10-2-3-12-8(5-10)6-14(18)16-12/h1-5,7H,6H2,(H,16,18). The maximum absolute atomic E-state index is 11.3. The molecule has 2 aromatic rings. The number of anilines is 1. The van der Waals surface area contributed by atoms with Gasteiger partial charge in [0.05, 0.1) is 16.4 Å². The van der Waals surface area contributed by atoms with Crippen LogP contribution in [-0.2, 0) is 11.2 Å². The Kier molecular flexibility index (Phi) is 3.23. The van der Waals surface area contributed by atoms with Gasteiger partial charge in [-0.25, -0.2) is 0 Å². The lowest BCUT2D eigenvalue weighted by molar-refractivity contribution is -0.384. The first kappa shape index (κ1) is 13.4. The molecule has 1 N–H and O–H groups in total. The van der Waals surface area contributed by atoms with E-state index >= 15 is 0 Å². The lowest BCUT2D eigenvalue weighted by Gasteiger charge is -2.08. The maximum atomic E-state index is 11.3. The molecule has 106 valence electrons. The van der Waals surface area contributed by atoms with Gasteiger partial charge in [0, 0.05) is 17.8 Å². The Morgan fingerprint density at radius 1 is 1.24 bits per heavy atom. The van der Waals surface area contributed by atoms with E-state index in [-0.39, 0.29) is 16.6 Å². The van der Waals surface area contributed by atoms with Crippen LogP contribution in [0.3, 0.4) is 0 Å². The first-order chi connectivity index (χ1) is 10.0. The minimum absolute atomic E-state index is 0.0597. The molecule has 1 amide bonds. The third-order valence-electron chi connectivity index (χ3n) is 3.06. The van der Waals surface area contributed by atoms with Crippen LogP contribution < -0.4 is 10.1 Å². The van der Waals surface area contributed by atoms with Crippen LogP contribution >= 0.6 is 11.6 Å².